The Labute approximate surface area is 134 Å². The molecule has 0 spiro atoms. The Kier molecular flexibility index (Phi) is 4.11. The number of hydrogen-bond donors (Lipinski definition) is 2. The fourth-order valence-electron chi connectivity index (χ4n) is 2.29. The lowest BCUT2D eigenvalue weighted by atomic mass is 10.1. The number of carbonyl (C=O) groups excluding carboxylic acids is 1. The summed E-state index contributed by atoms with van der Waals surface area (Å²) < 4.78 is 42.4. The molecule has 2 N–H and O–H groups in total. The number of aromatic nitrogens is 2. The van der Waals surface area contributed by atoms with Crippen molar-refractivity contribution in [1.82, 2.24) is 10.2 Å². The second-order valence-electron chi connectivity index (χ2n) is 5.10. The first-order valence-electron chi connectivity index (χ1n) is 6.94. The van der Waals surface area contributed by atoms with Gasteiger partial charge < -0.3 is 10.1 Å². The van der Waals surface area contributed by atoms with Crippen LogP contribution in [0.3, 0.4) is 0 Å². The molecule has 1 heterocycles. The zero-order valence-electron chi connectivity index (χ0n) is 12.4. The van der Waals surface area contributed by atoms with E-state index in [1.807, 2.05) is 0 Å². The Morgan fingerprint density at radius 2 is 1.96 bits per heavy atom. The molecule has 0 radical (unpaired) electrons. The van der Waals surface area contributed by atoms with Gasteiger partial charge in [0.1, 0.15) is 11.3 Å². The van der Waals surface area contributed by atoms with E-state index in [4.69, 9.17) is 0 Å². The molecule has 24 heavy (non-hydrogen) atoms. The van der Waals surface area contributed by atoms with Gasteiger partial charge in [-0.1, -0.05) is 0 Å². The molecular formula is C16H12F3N3O2. The summed E-state index contributed by atoms with van der Waals surface area (Å²) in [5.41, 5.74) is 1.15. The standard InChI is InChI=1S/C16H12F3N3O2/c1-8-6-11-13(12(7-8)24-16(18)19)21-22-14(11)20-15(23)9-2-4-10(17)5-3-9/h2-7,16H,1H3,(H2,20,21,22,23). The maximum Gasteiger partial charge on any atom is 0.387 e. The first kappa shape index (κ1) is 15.9. The zero-order chi connectivity index (χ0) is 17.3. The van der Waals surface area contributed by atoms with Crippen molar-refractivity contribution < 1.29 is 22.7 Å². The summed E-state index contributed by atoms with van der Waals surface area (Å²) in [7, 11) is 0. The van der Waals surface area contributed by atoms with Gasteiger partial charge in [0.25, 0.3) is 5.91 Å². The molecule has 0 atom stereocenters. The quantitative estimate of drug-likeness (QED) is 0.761. The van der Waals surface area contributed by atoms with E-state index < -0.39 is 18.3 Å². The minimum absolute atomic E-state index is 0.0604. The number of halogens is 3. The average Bonchev–Trinajstić information content (AvgIpc) is 2.90. The number of aromatic amines is 1. The molecule has 1 amide bonds. The third-order valence-corrected chi connectivity index (χ3v) is 3.34. The molecule has 1 aromatic heterocycles. The first-order chi connectivity index (χ1) is 11.4. The average molecular weight is 335 g/mol. The molecule has 0 bridgehead atoms. The van der Waals surface area contributed by atoms with Gasteiger partial charge in [-0.3, -0.25) is 9.89 Å². The maximum atomic E-state index is 12.9. The number of amides is 1. The molecule has 124 valence electrons. The van der Waals surface area contributed by atoms with E-state index in [1.165, 1.54) is 18.2 Å². The van der Waals surface area contributed by atoms with Gasteiger partial charge in [-0.05, 0) is 48.9 Å². The number of anilines is 1. The summed E-state index contributed by atoms with van der Waals surface area (Å²) >= 11 is 0. The predicted octanol–water partition coefficient (Wildman–Crippen LogP) is 3.86. The van der Waals surface area contributed by atoms with Gasteiger partial charge in [-0.25, -0.2) is 4.39 Å². The monoisotopic (exact) mass is 335 g/mol. The van der Waals surface area contributed by atoms with Crippen molar-refractivity contribution in [2.24, 2.45) is 0 Å². The summed E-state index contributed by atoms with van der Waals surface area (Å²) in [5, 5.41) is 9.50. The zero-order valence-corrected chi connectivity index (χ0v) is 12.4. The summed E-state index contributed by atoms with van der Waals surface area (Å²) in [6, 6.07) is 8.11. The summed E-state index contributed by atoms with van der Waals surface area (Å²) in [4.78, 5) is 12.2. The fourth-order valence-corrected chi connectivity index (χ4v) is 2.29. The Morgan fingerprint density at radius 1 is 1.25 bits per heavy atom. The van der Waals surface area contributed by atoms with Gasteiger partial charge in [-0.2, -0.15) is 13.9 Å². The number of fused-ring (bicyclic) bond motifs is 1. The highest BCUT2D eigenvalue weighted by molar-refractivity contribution is 6.08. The van der Waals surface area contributed by atoms with Gasteiger partial charge in [0.05, 0.1) is 0 Å². The maximum absolute atomic E-state index is 12.9. The lowest BCUT2D eigenvalue weighted by molar-refractivity contribution is -0.0489. The number of ether oxygens (including phenoxy) is 1. The van der Waals surface area contributed by atoms with E-state index in [1.54, 1.807) is 13.0 Å². The van der Waals surface area contributed by atoms with Crippen LogP contribution in [0.25, 0.3) is 10.9 Å². The van der Waals surface area contributed by atoms with Crippen LogP contribution in [0.5, 0.6) is 5.75 Å². The molecule has 3 rings (SSSR count). The first-order valence-corrected chi connectivity index (χ1v) is 6.94. The smallest absolute Gasteiger partial charge is 0.387 e. The lowest BCUT2D eigenvalue weighted by Crippen LogP contribution is -2.12. The van der Waals surface area contributed by atoms with Crippen molar-refractivity contribution in [2.75, 3.05) is 5.32 Å². The van der Waals surface area contributed by atoms with Gasteiger partial charge >= 0.3 is 6.61 Å². The van der Waals surface area contributed by atoms with Crippen LogP contribution in [0.2, 0.25) is 0 Å². The van der Waals surface area contributed by atoms with Crippen molar-refractivity contribution in [3.05, 3.63) is 53.3 Å². The van der Waals surface area contributed by atoms with Crippen molar-refractivity contribution in [3.8, 4) is 5.75 Å². The largest absolute Gasteiger partial charge is 0.433 e. The van der Waals surface area contributed by atoms with Crippen LogP contribution >= 0.6 is 0 Å². The molecule has 0 aliphatic rings. The Morgan fingerprint density at radius 3 is 2.62 bits per heavy atom. The Hall–Kier alpha value is -3.03. The topological polar surface area (TPSA) is 67.0 Å². The van der Waals surface area contributed by atoms with Gasteiger partial charge in [0, 0.05) is 10.9 Å². The molecule has 2 aromatic carbocycles. The molecule has 5 nitrogen and oxygen atoms in total. The van der Waals surface area contributed by atoms with E-state index in [0.717, 1.165) is 12.1 Å². The minimum atomic E-state index is -2.98. The van der Waals surface area contributed by atoms with Crippen LogP contribution in [0.4, 0.5) is 19.0 Å². The number of nitrogens with zero attached hydrogens (tertiary/aromatic N) is 1. The highest BCUT2D eigenvalue weighted by Crippen LogP contribution is 2.31. The molecule has 0 unspecified atom stereocenters. The SMILES string of the molecule is Cc1cc(OC(F)F)c2[nH]nc(NC(=O)c3ccc(F)cc3)c2c1. The van der Waals surface area contributed by atoms with Crippen LogP contribution in [0.1, 0.15) is 15.9 Å². The molecular weight excluding hydrogens is 323 g/mol. The molecule has 0 aliphatic carbocycles. The Balaban J connectivity index is 1.94. The second kappa shape index (κ2) is 6.23. The van der Waals surface area contributed by atoms with Crippen molar-refractivity contribution in [3.63, 3.8) is 0 Å². The van der Waals surface area contributed by atoms with Crippen LogP contribution in [-0.2, 0) is 0 Å². The van der Waals surface area contributed by atoms with Crippen molar-refractivity contribution >= 4 is 22.6 Å². The van der Waals surface area contributed by atoms with Crippen molar-refractivity contribution in [2.45, 2.75) is 13.5 Å². The second-order valence-corrected chi connectivity index (χ2v) is 5.10. The van der Waals surface area contributed by atoms with Crippen LogP contribution < -0.4 is 10.1 Å². The van der Waals surface area contributed by atoms with Crippen LogP contribution in [-0.4, -0.2) is 22.7 Å². The minimum Gasteiger partial charge on any atom is -0.433 e. The number of hydrogen-bond acceptors (Lipinski definition) is 3. The third-order valence-electron chi connectivity index (χ3n) is 3.34. The van der Waals surface area contributed by atoms with Crippen LogP contribution in [0.15, 0.2) is 36.4 Å². The van der Waals surface area contributed by atoms with Crippen LogP contribution in [0, 0.1) is 12.7 Å². The normalized spacial score (nSPS) is 11.0. The Bertz CT molecular complexity index is 891. The highest BCUT2D eigenvalue weighted by Gasteiger charge is 2.16. The highest BCUT2D eigenvalue weighted by atomic mass is 19.3. The number of H-pyrrole nitrogens is 1. The molecule has 0 fully saturated rings. The lowest BCUT2D eigenvalue weighted by Gasteiger charge is -2.07. The van der Waals surface area contributed by atoms with E-state index >= 15 is 0 Å². The number of carbonyl (C=O) groups is 1. The van der Waals surface area contributed by atoms with E-state index in [9.17, 15) is 18.0 Å². The molecule has 3 aromatic rings. The van der Waals surface area contributed by atoms with Gasteiger partial charge in [0.15, 0.2) is 11.6 Å². The molecule has 0 saturated carbocycles. The molecule has 0 saturated heterocycles. The van der Waals surface area contributed by atoms with E-state index in [0.29, 0.717) is 10.9 Å². The van der Waals surface area contributed by atoms with Crippen molar-refractivity contribution in [1.29, 1.82) is 0 Å². The number of alkyl halides is 2. The number of benzene rings is 2. The molecule has 0 aliphatic heterocycles. The predicted molar refractivity (Wildman–Crippen MR) is 81.8 cm³/mol. The van der Waals surface area contributed by atoms with Gasteiger partial charge in [0.2, 0.25) is 0 Å². The summed E-state index contributed by atoms with van der Waals surface area (Å²) in [6.45, 7) is -1.27. The van der Waals surface area contributed by atoms with E-state index in [2.05, 4.69) is 20.3 Å². The van der Waals surface area contributed by atoms with E-state index in [-0.39, 0.29) is 22.6 Å². The summed E-state index contributed by atoms with van der Waals surface area (Å²) in [5.74, 6) is -0.848. The number of nitrogens with one attached hydrogen (secondary N) is 2. The number of rotatable bonds is 4. The number of aryl methyl sites for hydroxylation is 1. The fraction of sp³-hybridized carbons (Fsp3) is 0.125. The molecule has 8 heteroatoms. The van der Waals surface area contributed by atoms with Gasteiger partial charge in [-0.15, -0.1) is 0 Å². The third kappa shape index (κ3) is 3.17. The summed E-state index contributed by atoms with van der Waals surface area (Å²) in [6.07, 6.45) is 0.